The van der Waals surface area contributed by atoms with Gasteiger partial charge in [0.1, 0.15) is 0 Å². The van der Waals surface area contributed by atoms with E-state index in [1.165, 1.54) is 0 Å². The van der Waals surface area contributed by atoms with Crippen LogP contribution in [0.2, 0.25) is 0 Å². The largest absolute Gasteiger partial charge is 0.486 e. The predicted octanol–water partition coefficient (Wildman–Crippen LogP) is 3.20. The fourth-order valence-corrected chi connectivity index (χ4v) is 1.51. The lowest BCUT2D eigenvalue weighted by atomic mass is 10.4. The first-order valence-electron chi connectivity index (χ1n) is 6.54. The zero-order valence-corrected chi connectivity index (χ0v) is 11.5. The van der Waals surface area contributed by atoms with Crippen LogP contribution < -0.4 is 14.2 Å². The highest BCUT2D eigenvalue weighted by molar-refractivity contribution is 5.41. The molecular formula is C14H21NO3. The third kappa shape index (κ3) is 3.79. The van der Waals surface area contributed by atoms with Gasteiger partial charge in [0, 0.05) is 6.07 Å². The van der Waals surface area contributed by atoms with Crippen molar-refractivity contribution in [1.82, 2.24) is 4.98 Å². The molecule has 1 heterocycles. The van der Waals surface area contributed by atoms with Crippen molar-refractivity contribution in [2.75, 3.05) is 0 Å². The van der Waals surface area contributed by atoms with Crippen LogP contribution in [0.5, 0.6) is 17.4 Å². The molecule has 4 heteroatoms. The average molecular weight is 251 g/mol. The Bertz CT molecular complexity index is 400. The van der Waals surface area contributed by atoms with E-state index in [1.54, 1.807) is 6.20 Å². The normalized spacial score (nSPS) is 15.0. The monoisotopic (exact) mass is 251 g/mol. The van der Waals surface area contributed by atoms with Gasteiger partial charge in [-0.3, -0.25) is 0 Å². The molecule has 0 aliphatic heterocycles. The third-order valence-electron chi connectivity index (χ3n) is 2.34. The van der Waals surface area contributed by atoms with E-state index < -0.39 is 0 Å². The van der Waals surface area contributed by atoms with Gasteiger partial charge in [0.05, 0.1) is 24.5 Å². The van der Waals surface area contributed by atoms with Gasteiger partial charge in [-0.05, 0) is 40.5 Å². The minimum Gasteiger partial charge on any atom is -0.486 e. The molecule has 100 valence electrons. The zero-order valence-electron chi connectivity index (χ0n) is 11.5. The standard InChI is InChI=1S/C14H21NO3/c1-9(2)16-13-8-15-14(17-10(3)4)7-12(13)18-11-5-6-11/h7-11H,5-6H2,1-4H3. The van der Waals surface area contributed by atoms with Crippen LogP contribution in [0.3, 0.4) is 0 Å². The van der Waals surface area contributed by atoms with Crippen molar-refractivity contribution in [3.63, 3.8) is 0 Å². The van der Waals surface area contributed by atoms with Crippen LogP contribution in [0.25, 0.3) is 0 Å². The van der Waals surface area contributed by atoms with Gasteiger partial charge in [-0.2, -0.15) is 0 Å². The highest BCUT2D eigenvalue weighted by Gasteiger charge is 2.25. The Morgan fingerprint density at radius 2 is 1.72 bits per heavy atom. The Hall–Kier alpha value is -1.45. The van der Waals surface area contributed by atoms with Crippen molar-refractivity contribution >= 4 is 0 Å². The van der Waals surface area contributed by atoms with Gasteiger partial charge < -0.3 is 14.2 Å². The van der Waals surface area contributed by atoms with Gasteiger partial charge in [-0.15, -0.1) is 0 Å². The summed E-state index contributed by atoms with van der Waals surface area (Å²) in [4.78, 5) is 4.23. The Balaban J connectivity index is 2.16. The molecule has 0 saturated heterocycles. The van der Waals surface area contributed by atoms with E-state index >= 15 is 0 Å². The average Bonchev–Trinajstić information content (AvgIpc) is 3.04. The Labute approximate surface area is 108 Å². The molecule has 0 radical (unpaired) electrons. The molecule has 1 aliphatic carbocycles. The smallest absolute Gasteiger partial charge is 0.217 e. The Kier molecular flexibility index (Phi) is 3.94. The second kappa shape index (κ2) is 5.46. The number of hydrogen-bond donors (Lipinski definition) is 0. The van der Waals surface area contributed by atoms with Crippen LogP contribution in [0.4, 0.5) is 0 Å². The van der Waals surface area contributed by atoms with Gasteiger partial charge in [0.15, 0.2) is 11.5 Å². The van der Waals surface area contributed by atoms with Crippen molar-refractivity contribution in [2.45, 2.75) is 58.8 Å². The SMILES string of the molecule is CC(C)Oc1cc(OC2CC2)c(OC(C)C)cn1. The predicted molar refractivity (Wildman–Crippen MR) is 69.4 cm³/mol. The summed E-state index contributed by atoms with van der Waals surface area (Å²) in [6.07, 6.45) is 4.44. The zero-order chi connectivity index (χ0) is 13.1. The number of rotatable bonds is 6. The van der Waals surface area contributed by atoms with E-state index in [1.807, 2.05) is 33.8 Å². The number of nitrogens with zero attached hydrogens (tertiary/aromatic N) is 1. The first-order valence-corrected chi connectivity index (χ1v) is 6.54. The molecule has 4 nitrogen and oxygen atoms in total. The molecule has 0 unspecified atom stereocenters. The highest BCUT2D eigenvalue weighted by atomic mass is 16.5. The van der Waals surface area contributed by atoms with Gasteiger partial charge in [0.2, 0.25) is 5.88 Å². The maximum atomic E-state index is 5.83. The number of hydrogen-bond acceptors (Lipinski definition) is 4. The van der Waals surface area contributed by atoms with Crippen LogP contribution in [0, 0.1) is 0 Å². The first-order chi connectivity index (χ1) is 8.54. The summed E-state index contributed by atoms with van der Waals surface area (Å²) in [6.45, 7) is 7.92. The summed E-state index contributed by atoms with van der Waals surface area (Å²) >= 11 is 0. The van der Waals surface area contributed by atoms with E-state index in [0.29, 0.717) is 17.7 Å². The van der Waals surface area contributed by atoms with Crippen LogP contribution >= 0.6 is 0 Å². The maximum Gasteiger partial charge on any atom is 0.217 e. The topological polar surface area (TPSA) is 40.6 Å². The van der Waals surface area contributed by atoms with E-state index in [4.69, 9.17) is 14.2 Å². The third-order valence-corrected chi connectivity index (χ3v) is 2.34. The molecule has 0 aromatic carbocycles. The molecule has 1 fully saturated rings. The number of aromatic nitrogens is 1. The maximum absolute atomic E-state index is 5.83. The van der Waals surface area contributed by atoms with Crippen molar-refractivity contribution < 1.29 is 14.2 Å². The Morgan fingerprint density at radius 1 is 1.06 bits per heavy atom. The molecule has 18 heavy (non-hydrogen) atoms. The summed E-state index contributed by atoms with van der Waals surface area (Å²) < 4.78 is 17.1. The molecule has 0 bridgehead atoms. The van der Waals surface area contributed by atoms with E-state index in [-0.39, 0.29) is 12.2 Å². The van der Waals surface area contributed by atoms with Crippen LogP contribution in [0.1, 0.15) is 40.5 Å². The number of pyridine rings is 1. The van der Waals surface area contributed by atoms with Crippen LogP contribution in [-0.2, 0) is 0 Å². The molecule has 0 N–H and O–H groups in total. The molecule has 1 aromatic heterocycles. The summed E-state index contributed by atoms with van der Waals surface area (Å²) in [7, 11) is 0. The van der Waals surface area contributed by atoms with E-state index in [9.17, 15) is 0 Å². The minimum atomic E-state index is 0.100. The second-order valence-corrected chi connectivity index (χ2v) is 5.12. The van der Waals surface area contributed by atoms with Crippen molar-refractivity contribution in [3.05, 3.63) is 12.3 Å². The molecule has 1 saturated carbocycles. The molecular weight excluding hydrogens is 230 g/mol. The van der Waals surface area contributed by atoms with E-state index in [0.717, 1.165) is 18.6 Å². The fourth-order valence-electron chi connectivity index (χ4n) is 1.51. The molecule has 1 aliphatic rings. The second-order valence-electron chi connectivity index (χ2n) is 5.12. The first kappa shape index (κ1) is 13.0. The van der Waals surface area contributed by atoms with Gasteiger partial charge in [-0.1, -0.05) is 0 Å². The molecule has 2 rings (SSSR count). The van der Waals surface area contributed by atoms with E-state index in [2.05, 4.69) is 4.98 Å². The minimum absolute atomic E-state index is 0.100. The van der Waals surface area contributed by atoms with Crippen molar-refractivity contribution in [2.24, 2.45) is 0 Å². The summed E-state index contributed by atoms with van der Waals surface area (Å²) in [5.41, 5.74) is 0. The Morgan fingerprint density at radius 3 is 2.28 bits per heavy atom. The molecule has 0 spiro atoms. The number of ether oxygens (including phenoxy) is 3. The van der Waals surface area contributed by atoms with Crippen molar-refractivity contribution in [3.8, 4) is 17.4 Å². The summed E-state index contributed by atoms with van der Waals surface area (Å²) in [5, 5.41) is 0. The lowest BCUT2D eigenvalue weighted by molar-refractivity contribution is 0.207. The lowest BCUT2D eigenvalue weighted by Crippen LogP contribution is -2.10. The van der Waals surface area contributed by atoms with Gasteiger partial charge in [-0.25, -0.2) is 4.98 Å². The molecule has 1 aromatic rings. The van der Waals surface area contributed by atoms with Crippen LogP contribution in [0.15, 0.2) is 12.3 Å². The lowest BCUT2D eigenvalue weighted by Gasteiger charge is -2.16. The molecule has 0 amide bonds. The highest BCUT2D eigenvalue weighted by Crippen LogP contribution is 2.35. The van der Waals surface area contributed by atoms with Gasteiger partial charge >= 0.3 is 0 Å². The fraction of sp³-hybridized carbons (Fsp3) is 0.643. The quantitative estimate of drug-likeness (QED) is 0.778. The van der Waals surface area contributed by atoms with Gasteiger partial charge in [0.25, 0.3) is 0 Å². The van der Waals surface area contributed by atoms with Crippen molar-refractivity contribution in [1.29, 1.82) is 0 Å². The summed E-state index contributed by atoms with van der Waals surface area (Å²) in [5.74, 6) is 2.00. The van der Waals surface area contributed by atoms with Crippen LogP contribution in [-0.4, -0.2) is 23.3 Å². The summed E-state index contributed by atoms with van der Waals surface area (Å²) in [6, 6.07) is 1.82. The molecule has 0 atom stereocenters.